The van der Waals surface area contributed by atoms with E-state index in [1.807, 2.05) is 42.5 Å². The first-order valence-corrected chi connectivity index (χ1v) is 6.55. The highest BCUT2D eigenvalue weighted by Gasteiger charge is 1.99. The Balaban J connectivity index is 1.95. The van der Waals surface area contributed by atoms with E-state index in [1.54, 1.807) is 11.3 Å². The topological polar surface area (TPSA) is 45.0 Å². The molecule has 1 aromatic carbocycles. The Labute approximate surface area is 115 Å². The van der Waals surface area contributed by atoms with Crippen LogP contribution in [0.3, 0.4) is 0 Å². The number of hydrogen-bond donors (Lipinski definition) is 1. The number of nitriles is 1. The first-order valence-electron chi connectivity index (χ1n) is 5.36. The number of halogens is 1. The lowest BCUT2D eigenvalue weighted by Crippen LogP contribution is -1.98. The SMILES string of the molecule is N#CCOc1cccc(NCc2ccc(Cl)s2)c1. The number of thiophene rings is 1. The molecule has 18 heavy (non-hydrogen) atoms. The maximum atomic E-state index is 8.45. The van der Waals surface area contributed by atoms with Crippen LogP contribution in [0.1, 0.15) is 4.88 Å². The van der Waals surface area contributed by atoms with Gasteiger partial charge in [-0.15, -0.1) is 11.3 Å². The fraction of sp³-hybridized carbons (Fsp3) is 0.154. The Kier molecular flexibility index (Phi) is 4.46. The summed E-state index contributed by atoms with van der Waals surface area (Å²) in [4.78, 5) is 1.17. The first kappa shape index (κ1) is 12.7. The van der Waals surface area contributed by atoms with Crippen LogP contribution in [0.25, 0.3) is 0 Å². The summed E-state index contributed by atoms with van der Waals surface area (Å²) in [5.41, 5.74) is 0.954. The average Bonchev–Trinajstić information content (AvgIpc) is 2.80. The Morgan fingerprint density at radius 2 is 2.22 bits per heavy atom. The highest BCUT2D eigenvalue weighted by atomic mass is 35.5. The second-order valence-electron chi connectivity index (χ2n) is 3.53. The van der Waals surface area contributed by atoms with Crippen molar-refractivity contribution in [1.29, 1.82) is 5.26 Å². The van der Waals surface area contributed by atoms with Gasteiger partial charge >= 0.3 is 0 Å². The minimum atomic E-state index is 0.0595. The molecule has 92 valence electrons. The first-order chi connectivity index (χ1) is 8.78. The van der Waals surface area contributed by atoms with Crippen molar-refractivity contribution in [3.05, 3.63) is 45.6 Å². The second kappa shape index (κ2) is 6.29. The maximum absolute atomic E-state index is 8.45. The van der Waals surface area contributed by atoms with Gasteiger partial charge < -0.3 is 10.1 Å². The Morgan fingerprint density at radius 3 is 2.94 bits per heavy atom. The van der Waals surface area contributed by atoms with Crippen molar-refractivity contribution in [3.63, 3.8) is 0 Å². The van der Waals surface area contributed by atoms with Gasteiger partial charge in [-0.2, -0.15) is 5.26 Å². The van der Waals surface area contributed by atoms with Crippen LogP contribution in [0.2, 0.25) is 4.34 Å². The summed E-state index contributed by atoms with van der Waals surface area (Å²) in [6.07, 6.45) is 0. The van der Waals surface area contributed by atoms with Crippen molar-refractivity contribution < 1.29 is 4.74 Å². The van der Waals surface area contributed by atoms with Crippen LogP contribution in [0.15, 0.2) is 36.4 Å². The van der Waals surface area contributed by atoms with Crippen LogP contribution in [0.5, 0.6) is 5.75 Å². The van der Waals surface area contributed by atoms with Gasteiger partial charge in [0.2, 0.25) is 0 Å². The van der Waals surface area contributed by atoms with Gasteiger partial charge in [0.15, 0.2) is 6.61 Å². The molecule has 0 saturated carbocycles. The van der Waals surface area contributed by atoms with E-state index in [0.717, 1.165) is 16.6 Å². The Bertz CT molecular complexity index is 562. The minimum Gasteiger partial charge on any atom is -0.479 e. The molecular formula is C13H11ClN2OS. The van der Waals surface area contributed by atoms with E-state index in [-0.39, 0.29) is 6.61 Å². The molecule has 0 spiro atoms. The lowest BCUT2D eigenvalue weighted by molar-refractivity contribution is 0.368. The number of benzene rings is 1. The van der Waals surface area contributed by atoms with Crippen LogP contribution < -0.4 is 10.1 Å². The fourth-order valence-corrected chi connectivity index (χ4v) is 2.47. The van der Waals surface area contributed by atoms with Gasteiger partial charge in [0, 0.05) is 23.2 Å². The van der Waals surface area contributed by atoms with E-state index < -0.39 is 0 Å². The largest absolute Gasteiger partial charge is 0.479 e. The van der Waals surface area contributed by atoms with E-state index in [9.17, 15) is 0 Å². The summed E-state index contributed by atoms with van der Waals surface area (Å²) in [5.74, 6) is 0.686. The highest BCUT2D eigenvalue weighted by molar-refractivity contribution is 7.16. The smallest absolute Gasteiger partial charge is 0.174 e. The van der Waals surface area contributed by atoms with E-state index >= 15 is 0 Å². The van der Waals surface area contributed by atoms with Crippen molar-refractivity contribution in [3.8, 4) is 11.8 Å². The standard InChI is InChI=1S/C13H11ClN2OS/c14-13-5-4-12(18-13)9-16-10-2-1-3-11(8-10)17-7-6-15/h1-5,8,16H,7,9H2. The quantitative estimate of drug-likeness (QED) is 0.902. The van der Waals surface area contributed by atoms with Crippen LogP contribution in [0, 0.1) is 11.3 Å². The molecule has 0 aliphatic carbocycles. The van der Waals surface area contributed by atoms with Gasteiger partial charge in [0.25, 0.3) is 0 Å². The van der Waals surface area contributed by atoms with Crippen molar-refractivity contribution in [2.24, 2.45) is 0 Å². The number of anilines is 1. The van der Waals surface area contributed by atoms with Crippen molar-refractivity contribution in [2.45, 2.75) is 6.54 Å². The van der Waals surface area contributed by atoms with Crippen molar-refractivity contribution in [2.75, 3.05) is 11.9 Å². The van der Waals surface area contributed by atoms with Crippen LogP contribution in [-0.4, -0.2) is 6.61 Å². The lowest BCUT2D eigenvalue weighted by Gasteiger charge is -2.07. The van der Waals surface area contributed by atoms with Gasteiger partial charge in [-0.25, -0.2) is 0 Å². The van der Waals surface area contributed by atoms with Crippen molar-refractivity contribution >= 4 is 28.6 Å². The zero-order chi connectivity index (χ0) is 12.8. The lowest BCUT2D eigenvalue weighted by atomic mass is 10.3. The molecule has 0 atom stereocenters. The molecule has 0 saturated heterocycles. The van der Waals surface area contributed by atoms with Crippen LogP contribution in [0.4, 0.5) is 5.69 Å². The number of hydrogen-bond acceptors (Lipinski definition) is 4. The monoisotopic (exact) mass is 278 g/mol. The maximum Gasteiger partial charge on any atom is 0.174 e. The molecule has 0 aliphatic rings. The molecule has 0 fully saturated rings. The summed E-state index contributed by atoms with van der Waals surface area (Å²) in [7, 11) is 0. The third-order valence-electron chi connectivity index (χ3n) is 2.23. The number of rotatable bonds is 5. The average molecular weight is 279 g/mol. The molecule has 2 rings (SSSR count). The molecule has 0 amide bonds. The summed E-state index contributed by atoms with van der Waals surface area (Å²) in [6.45, 7) is 0.781. The number of ether oxygens (including phenoxy) is 1. The summed E-state index contributed by atoms with van der Waals surface area (Å²) < 4.78 is 6.02. The summed E-state index contributed by atoms with van der Waals surface area (Å²) in [6, 6.07) is 13.4. The molecule has 0 radical (unpaired) electrons. The predicted molar refractivity (Wildman–Crippen MR) is 74.2 cm³/mol. The van der Waals surface area contributed by atoms with Crippen LogP contribution in [-0.2, 0) is 6.54 Å². The molecule has 1 heterocycles. The minimum absolute atomic E-state index is 0.0595. The molecule has 2 aromatic rings. The third kappa shape index (κ3) is 3.66. The molecule has 1 N–H and O–H groups in total. The number of nitrogens with one attached hydrogen (secondary N) is 1. The normalized spacial score (nSPS) is 9.78. The summed E-state index contributed by atoms with van der Waals surface area (Å²) in [5, 5.41) is 11.7. The van der Waals surface area contributed by atoms with Gasteiger partial charge in [0.1, 0.15) is 11.8 Å². The van der Waals surface area contributed by atoms with E-state index in [4.69, 9.17) is 21.6 Å². The van der Waals surface area contributed by atoms with E-state index in [0.29, 0.717) is 5.75 Å². The number of nitrogens with zero attached hydrogens (tertiary/aromatic N) is 1. The summed E-state index contributed by atoms with van der Waals surface area (Å²) >= 11 is 7.42. The van der Waals surface area contributed by atoms with Gasteiger partial charge in [-0.1, -0.05) is 17.7 Å². The third-order valence-corrected chi connectivity index (χ3v) is 3.46. The van der Waals surface area contributed by atoms with Crippen molar-refractivity contribution in [1.82, 2.24) is 0 Å². The second-order valence-corrected chi connectivity index (χ2v) is 5.33. The molecule has 5 heteroatoms. The van der Waals surface area contributed by atoms with Gasteiger partial charge in [-0.05, 0) is 24.3 Å². The van der Waals surface area contributed by atoms with E-state index in [1.165, 1.54) is 4.88 Å². The molecule has 0 aliphatic heterocycles. The van der Waals surface area contributed by atoms with Gasteiger partial charge in [0.05, 0.1) is 4.34 Å². The molecular weight excluding hydrogens is 268 g/mol. The predicted octanol–water partition coefficient (Wildman–Crippen LogP) is 3.92. The zero-order valence-corrected chi connectivity index (χ0v) is 11.1. The fourth-order valence-electron chi connectivity index (χ4n) is 1.45. The highest BCUT2D eigenvalue weighted by Crippen LogP contribution is 2.23. The van der Waals surface area contributed by atoms with E-state index in [2.05, 4.69) is 5.32 Å². The Hall–Kier alpha value is -1.70. The Morgan fingerprint density at radius 1 is 1.33 bits per heavy atom. The van der Waals surface area contributed by atoms with Crippen LogP contribution >= 0.6 is 22.9 Å². The molecule has 0 unspecified atom stereocenters. The zero-order valence-electron chi connectivity index (χ0n) is 9.52. The molecule has 3 nitrogen and oxygen atoms in total. The molecule has 0 bridgehead atoms. The molecule has 1 aromatic heterocycles. The van der Waals surface area contributed by atoms with Gasteiger partial charge in [-0.3, -0.25) is 0 Å².